The number of hydrogen-bond acceptors (Lipinski definition) is 4. The van der Waals surface area contributed by atoms with Gasteiger partial charge in [-0.2, -0.15) is 0 Å². The quantitative estimate of drug-likeness (QED) is 0.569. The SMILES string of the molecule is C=C1CO[C@H]2[C@@H]1C[C@@H](OCC)O[C@@H]2CO[Si](C)(C)C(C)(C)C. The molecular weight excluding hydrogens is 296 g/mol. The first-order valence-electron chi connectivity index (χ1n) is 8.36. The van der Waals surface area contributed by atoms with Crippen LogP contribution in [0.2, 0.25) is 18.1 Å². The van der Waals surface area contributed by atoms with Crippen LogP contribution in [-0.2, 0) is 18.6 Å². The summed E-state index contributed by atoms with van der Waals surface area (Å²) >= 11 is 0. The summed E-state index contributed by atoms with van der Waals surface area (Å²) in [5, 5.41) is 0.195. The molecule has 2 aliphatic rings. The van der Waals surface area contributed by atoms with E-state index in [1.54, 1.807) is 0 Å². The average molecular weight is 329 g/mol. The first kappa shape index (κ1) is 18.1. The van der Waals surface area contributed by atoms with Crippen molar-refractivity contribution in [2.45, 2.75) is 70.7 Å². The van der Waals surface area contributed by atoms with Gasteiger partial charge in [-0.3, -0.25) is 0 Å². The third-order valence-corrected chi connectivity index (χ3v) is 9.79. The fraction of sp³-hybridized carbons (Fsp3) is 0.882. The summed E-state index contributed by atoms with van der Waals surface area (Å²) in [5.74, 6) is 0.332. The van der Waals surface area contributed by atoms with Gasteiger partial charge in [-0.05, 0) is 30.6 Å². The molecule has 0 saturated carbocycles. The fourth-order valence-electron chi connectivity index (χ4n) is 2.80. The molecular formula is C17H32O4Si. The van der Waals surface area contributed by atoms with Crippen LogP contribution in [0.15, 0.2) is 12.2 Å². The van der Waals surface area contributed by atoms with Gasteiger partial charge in [-0.1, -0.05) is 27.4 Å². The molecule has 0 amide bonds. The van der Waals surface area contributed by atoms with E-state index >= 15 is 0 Å². The minimum absolute atomic E-state index is 0.0639. The largest absolute Gasteiger partial charge is 0.414 e. The van der Waals surface area contributed by atoms with Crippen LogP contribution < -0.4 is 0 Å². The van der Waals surface area contributed by atoms with E-state index in [4.69, 9.17) is 18.6 Å². The predicted octanol–water partition coefficient (Wildman–Crippen LogP) is 3.73. The molecule has 0 aromatic heterocycles. The summed E-state index contributed by atoms with van der Waals surface area (Å²) in [7, 11) is -1.79. The lowest BCUT2D eigenvalue weighted by Crippen LogP contribution is -2.50. The summed E-state index contributed by atoms with van der Waals surface area (Å²) in [5.41, 5.74) is 1.16. The van der Waals surface area contributed by atoms with Crippen LogP contribution >= 0.6 is 0 Å². The van der Waals surface area contributed by atoms with Crippen molar-refractivity contribution in [1.82, 2.24) is 0 Å². The van der Waals surface area contributed by atoms with Crippen LogP contribution in [0.1, 0.15) is 34.1 Å². The van der Waals surface area contributed by atoms with Crippen LogP contribution in [0.4, 0.5) is 0 Å². The van der Waals surface area contributed by atoms with Crippen molar-refractivity contribution in [3.8, 4) is 0 Å². The Bertz CT molecular complexity index is 402. The highest BCUT2D eigenvalue weighted by Crippen LogP contribution is 2.40. The summed E-state index contributed by atoms with van der Waals surface area (Å²) < 4.78 is 24.1. The minimum atomic E-state index is -1.79. The number of fused-ring (bicyclic) bond motifs is 1. The van der Waals surface area contributed by atoms with Crippen molar-refractivity contribution >= 4 is 8.32 Å². The van der Waals surface area contributed by atoms with Gasteiger partial charge in [0, 0.05) is 18.9 Å². The molecule has 0 aromatic carbocycles. The summed E-state index contributed by atoms with van der Waals surface area (Å²) in [4.78, 5) is 0. The van der Waals surface area contributed by atoms with E-state index in [-0.39, 0.29) is 23.5 Å². The molecule has 2 rings (SSSR count). The molecule has 4 nitrogen and oxygen atoms in total. The lowest BCUT2D eigenvalue weighted by Gasteiger charge is -2.41. The molecule has 2 heterocycles. The smallest absolute Gasteiger partial charge is 0.192 e. The molecule has 4 atom stereocenters. The number of hydrogen-bond donors (Lipinski definition) is 0. The number of rotatable bonds is 5. The van der Waals surface area contributed by atoms with E-state index in [1.807, 2.05) is 6.92 Å². The molecule has 0 bridgehead atoms. The number of ether oxygens (including phenoxy) is 3. The maximum absolute atomic E-state index is 6.35. The molecule has 0 aromatic rings. The molecule has 22 heavy (non-hydrogen) atoms. The van der Waals surface area contributed by atoms with Crippen molar-refractivity contribution in [2.24, 2.45) is 5.92 Å². The lowest BCUT2D eigenvalue weighted by atomic mass is 9.88. The highest BCUT2D eigenvalue weighted by atomic mass is 28.4. The van der Waals surface area contributed by atoms with Gasteiger partial charge in [-0.25, -0.2) is 0 Å². The minimum Gasteiger partial charge on any atom is -0.414 e. The zero-order valence-corrected chi connectivity index (χ0v) is 16.0. The van der Waals surface area contributed by atoms with Crippen molar-refractivity contribution in [3.63, 3.8) is 0 Å². The Morgan fingerprint density at radius 1 is 1.32 bits per heavy atom. The van der Waals surface area contributed by atoms with E-state index in [2.05, 4.69) is 40.4 Å². The summed E-state index contributed by atoms with van der Waals surface area (Å²) in [6.07, 6.45) is 0.670. The van der Waals surface area contributed by atoms with Crippen LogP contribution in [-0.4, -0.2) is 46.6 Å². The first-order chi connectivity index (χ1) is 10.2. The Morgan fingerprint density at radius 3 is 2.59 bits per heavy atom. The Morgan fingerprint density at radius 2 is 2.00 bits per heavy atom. The highest BCUT2D eigenvalue weighted by molar-refractivity contribution is 6.74. The average Bonchev–Trinajstić information content (AvgIpc) is 2.77. The summed E-state index contributed by atoms with van der Waals surface area (Å²) in [6, 6.07) is 0. The second kappa shape index (κ2) is 6.73. The molecule has 2 aliphatic heterocycles. The molecule has 0 aliphatic carbocycles. The molecule has 0 radical (unpaired) electrons. The lowest BCUT2D eigenvalue weighted by molar-refractivity contribution is -0.235. The zero-order valence-electron chi connectivity index (χ0n) is 15.0. The van der Waals surface area contributed by atoms with Gasteiger partial charge in [0.2, 0.25) is 0 Å². The third kappa shape index (κ3) is 3.82. The highest BCUT2D eigenvalue weighted by Gasteiger charge is 2.46. The van der Waals surface area contributed by atoms with E-state index in [9.17, 15) is 0 Å². The molecule has 0 unspecified atom stereocenters. The van der Waals surface area contributed by atoms with E-state index in [0.29, 0.717) is 25.7 Å². The van der Waals surface area contributed by atoms with E-state index in [0.717, 1.165) is 12.0 Å². The van der Waals surface area contributed by atoms with Gasteiger partial charge in [0.05, 0.1) is 19.3 Å². The van der Waals surface area contributed by atoms with Crippen molar-refractivity contribution < 1.29 is 18.6 Å². The maximum atomic E-state index is 6.35. The Hall–Kier alpha value is -0.203. The van der Waals surface area contributed by atoms with Gasteiger partial charge in [0.15, 0.2) is 14.6 Å². The van der Waals surface area contributed by atoms with Gasteiger partial charge in [0.1, 0.15) is 6.10 Å². The standard InChI is InChI=1S/C17H32O4Si/c1-8-18-15-9-13-12(2)10-19-16(13)14(21-15)11-20-22(6,7)17(3,4)5/h13-16H,2,8-11H2,1,3-7H3/t13-,14-,15+,16+/m1/s1. The Labute approximate surface area is 136 Å². The van der Waals surface area contributed by atoms with Gasteiger partial charge in [0.25, 0.3) is 0 Å². The molecule has 5 heteroatoms. The third-order valence-electron chi connectivity index (χ3n) is 5.29. The van der Waals surface area contributed by atoms with Crippen molar-refractivity contribution in [3.05, 3.63) is 12.2 Å². The summed E-state index contributed by atoms with van der Waals surface area (Å²) in [6.45, 7) is 19.3. The first-order valence-corrected chi connectivity index (χ1v) is 11.3. The maximum Gasteiger partial charge on any atom is 0.192 e. The van der Waals surface area contributed by atoms with E-state index < -0.39 is 8.32 Å². The topological polar surface area (TPSA) is 36.9 Å². The molecule has 0 N–H and O–H groups in total. The van der Waals surface area contributed by atoms with E-state index in [1.165, 1.54) is 0 Å². The fourth-order valence-corrected chi connectivity index (χ4v) is 3.81. The zero-order chi connectivity index (χ0) is 16.5. The second-order valence-corrected chi connectivity index (χ2v) is 12.7. The molecule has 2 fully saturated rings. The Balaban J connectivity index is 2.03. The van der Waals surface area contributed by atoms with Crippen molar-refractivity contribution in [2.75, 3.05) is 19.8 Å². The van der Waals surface area contributed by atoms with Crippen LogP contribution in [0.25, 0.3) is 0 Å². The van der Waals surface area contributed by atoms with Crippen LogP contribution in [0, 0.1) is 5.92 Å². The molecule has 0 spiro atoms. The Kier molecular flexibility index (Phi) is 5.55. The van der Waals surface area contributed by atoms with Gasteiger partial charge in [-0.15, -0.1) is 0 Å². The monoisotopic (exact) mass is 328 g/mol. The van der Waals surface area contributed by atoms with Crippen LogP contribution in [0.5, 0.6) is 0 Å². The van der Waals surface area contributed by atoms with Crippen LogP contribution in [0.3, 0.4) is 0 Å². The molecule has 128 valence electrons. The molecule has 2 saturated heterocycles. The van der Waals surface area contributed by atoms with Crippen molar-refractivity contribution in [1.29, 1.82) is 0 Å². The van der Waals surface area contributed by atoms with Gasteiger partial charge >= 0.3 is 0 Å². The van der Waals surface area contributed by atoms with Gasteiger partial charge < -0.3 is 18.6 Å². The second-order valence-electron chi connectivity index (χ2n) is 7.91. The normalized spacial score (nSPS) is 33.1. The predicted molar refractivity (Wildman–Crippen MR) is 90.4 cm³/mol.